The molecule has 0 N–H and O–H groups in total. The summed E-state index contributed by atoms with van der Waals surface area (Å²) in [7, 11) is -2.06. The van der Waals surface area contributed by atoms with Crippen LogP contribution < -0.4 is 0 Å². The van der Waals surface area contributed by atoms with Crippen LogP contribution in [-0.4, -0.2) is 32.0 Å². The minimum absolute atomic E-state index is 0.0162. The monoisotopic (exact) mass is 339 g/mol. The third-order valence-corrected chi connectivity index (χ3v) is 9.12. The van der Waals surface area contributed by atoms with Gasteiger partial charge in [0.15, 0.2) is 5.88 Å². The average molecular weight is 340 g/mol. The van der Waals surface area contributed by atoms with Gasteiger partial charge in [-0.3, -0.25) is 0 Å². The standard InChI is InChI=1S/C18H33NO3Si/c1-10-11-14(4)16(22-23(8,9)18(5,6)7)19-15(13(2)3)12-21-17(19)20/h10-11,13,15H,12H2,1-9H3/b11-10+,16-14+/t15-/m0/s1. The van der Waals surface area contributed by atoms with Crippen molar-refractivity contribution in [3.63, 3.8) is 0 Å². The number of allylic oxidation sites excluding steroid dienone is 3. The smallest absolute Gasteiger partial charge is 0.417 e. The first-order valence-electron chi connectivity index (χ1n) is 8.41. The third kappa shape index (κ3) is 4.40. The molecule has 0 aromatic rings. The Kier molecular flexibility index (Phi) is 6.13. The van der Waals surface area contributed by atoms with Gasteiger partial charge in [0.25, 0.3) is 8.32 Å². The van der Waals surface area contributed by atoms with E-state index in [9.17, 15) is 4.79 Å². The van der Waals surface area contributed by atoms with Crippen molar-refractivity contribution < 1.29 is 14.0 Å². The van der Waals surface area contributed by atoms with Crippen LogP contribution in [0.1, 0.15) is 48.5 Å². The Balaban J connectivity index is 3.33. The van der Waals surface area contributed by atoms with Crippen molar-refractivity contribution in [2.75, 3.05) is 6.61 Å². The van der Waals surface area contributed by atoms with Crippen LogP contribution in [0.15, 0.2) is 23.6 Å². The number of amides is 1. The zero-order valence-corrected chi connectivity index (χ0v) is 17.2. The molecule has 0 saturated carbocycles. The Morgan fingerprint density at radius 3 is 2.39 bits per heavy atom. The molecule has 0 spiro atoms. The fourth-order valence-corrected chi connectivity index (χ4v) is 3.24. The highest BCUT2D eigenvalue weighted by Crippen LogP contribution is 2.40. The summed E-state index contributed by atoms with van der Waals surface area (Å²) in [5, 5.41) is 0.0609. The number of carbonyl (C=O) groups is 1. The molecule has 0 aromatic carbocycles. The lowest BCUT2D eigenvalue weighted by molar-refractivity contribution is 0.146. The van der Waals surface area contributed by atoms with Crippen LogP contribution >= 0.6 is 0 Å². The highest BCUT2D eigenvalue weighted by Gasteiger charge is 2.44. The summed E-state index contributed by atoms with van der Waals surface area (Å²) in [6, 6.07) is 0.0162. The molecule has 0 aliphatic carbocycles. The second-order valence-corrected chi connectivity index (χ2v) is 12.8. The number of nitrogens with zero attached hydrogens (tertiary/aromatic N) is 1. The minimum Gasteiger partial charge on any atom is -0.531 e. The van der Waals surface area contributed by atoms with Crippen molar-refractivity contribution in [2.45, 2.75) is 72.6 Å². The predicted octanol–water partition coefficient (Wildman–Crippen LogP) is 5.29. The van der Waals surface area contributed by atoms with Crippen molar-refractivity contribution in [3.05, 3.63) is 23.6 Å². The molecule has 4 nitrogen and oxygen atoms in total. The number of cyclic esters (lactones) is 1. The van der Waals surface area contributed by atoms with E-state index < -0.39 is 8.32 Å². The molecular formula is C18H33NO3Si. The number of carbonyl (C=O) groups excluding carboxylic acids is 1. The van der Waals surface area contributed by atoms with E-state index in [1.807, 2.05) is 26.0 Å². The van der Waals surface area contributed by atoms with E-state index >= 15 is 0 Å². The van der Waals surface area contributed by atoms with Crippen molar-refractivity contribution in [1.82, 2.24) is 4.90 Å². The molecule has 0 bridgehead atoms. The highest BCUT2D eigenvalue weighted by atomic mass is 28.4. The Hall–Kier alpha value is -1.23. The number of hydrogen-bond donors (Lipinski definition) is 0. The maximum Gasteiger partial charge on any atom is 0.417 e. The van der Waals surface area contributed by atoms with Gasteiger partial charge in [0.2, 0.25) is 0 Å². The van der Waals surface area contributed by atoms with Crippen molar-refractivity contribution in [3.8, 4) is 0 Å². The Bertz CT molecular complexity index is 501. The Morgan fingerprint density at radius 2 is 1.96 bits per heavy atom. The lowest BCUT2D eigenvalue weighted by atomic mass is 10.0. The molecule has 23 heavy (non-hydrogen) atoms. The first-order valence-corrected chi connectivity index (χ1v) is 11.3. The Morgan fingerprint density at radius 1 is 1.39 bits per heavy atom. The van der Waals surface area contributed by atoms with Crippen LogP contribution in [0.3, 0.4) is 0 Å². The Labute approximate surface area is 142 Å². The van der Waals surface area contributed by atoms with Crippen LogP contribution in [0.4, 0.5) is 4.79 Å². The van der Waals surface area contributed by atoms with Crippen molar-refractivity contribution >= 4 is 14.4 Å². The first kappa shape index (κ1) is 19.8. The fraction of sp³-hybridized carbons (Fsp3) is 0.722. The summed E-state index contributed by atoms with van der Waals surface area (Å²) in [5.41, 5.74) is 0.960. The van der Waals surface area contributed by atoms with Gasteiger partial charge >= 0.3 is 6.09 Å². The predicted molar refractivity (Wildman–Crippen MR) is 97.6 cm³/mol. The zero-order valence-electron chi connectivity index (χ0n) is 16.2. The molecule has 1 aliphatic heterocycles. The molecule has 1 heterocycles. The lowest BCUT2D eigenvalue weighted by Gasteiger charge is -2.40. The molecule has 1 amide bonds. The number of rotatable bonds is 5. The van der Waals surface area contributed by atoms with E-state index in [1.54, 1.807) is 4.90 Å². The molecule has 0 radical (unpaired) electrons. The molecule has 1 aliphatic rings. The van der Waals surface area contributed by atoms with E-state index in [4.69, 9.17) is 9.16 Å². The van der Waals surface area contributed by atoms with Crippen LogP contribution in [0.2, 0.25) is 18.1 Å². The van der Waals surface area contributed by atoms with E-state index in [1.165, 1.54) is 0 Å². The topological polar surface area (TPSA) is 38.8 Å². The van der Waals surface area contributed by atoms with Crippen molar-refractivity contribution in [2.24, 2.45) is 5.92 Å². The van der Waals surface area contributed by atoms with Gasteiger partial charge in [0, 0.05) is 5.57 Å². The van der Waals surface area contributed by atoms with E-state index in [2.05, 4.69) is 47.7 Å². The lowest BCUT2D eigenvalue weighted by Crippen LogP contribution is -2.46. The van der Waals surface area contributed by atoms with Crippen LogP contribution in [0, 0.1) is 5.92 Å². The molecule has 1 atom stereocenters. The average Bonchev–Trinajstić information content (AvgIpc) is 2.77. The van der Waals surface area contributed by atoms with Gasteiger partial charge in [0.1, 0.15) is 6.61 Å². The maximum absolute atomic E-state index is 12.4. The second kappa shape index (κ2) is 7.12. The largest absolute Gasteiger partial charge is 0.531 e. The van der Waals surface area contributed by atoms with Gasteiger partial charge in [-0.25, -0.2) is 9.69 Å². The molecule has 0 unspecified atom stereocenters. The molecule has 0 aromatic heterocycles. The van der Waals surface area contributed by atoms with E-state index in [0.717, 1.165) is 5.57 Å². The van der Waals surface area contributed by atoms with E-state index in [0.29, 0.717) is 18.4 Å². The maximum atomic E-state index is 12.4. The van der Waals surface area contributed by atoms with E-state index in [-0.39, 0.29) is 17.2 Å². The molecular weight excluding hydrogens is 306 g/mol. The summed E-state index contributed by atoms with van der Waals surface area (Å²) >= 11 is 0. The molecule has 5 heteroatoms. The van der Waals surface area contributed by atoms with Gasteiger partial charge in [0.05, 0.1) is 6.04 Å². The second-order valence-electron chi connectivity index (χ2n) is 8.11. The summed E-state index contributed by atoms with van der Waals surface area (Å²) in [5.74, 6) is 0.966. The van der Waals surface area contributed by atoms with Gasteiger partial charge in [-0.05, 0) is 37.9 Å². The van der Waals surface area contributed by atoms with Gasteiger partial charge in [-0.2, -0.15) is 0 Å². The van der Waals surface area contributed by atoms with Crippen molar-refractivity contribution in [1.29, 1.82) is 0 Å². The van der Waals surface area contributed by atoms with Crippen LogP contribution in [0.25, 0.3) is 0 Å². The third-order valence-electron chi connectivity index (χ3n) is 4.81. The van der Waals surface area contributed by atoms with Crippen LogP contribution in [-0.2, 0) is 9.16 Å². The summed E-state index contributed by atoms with van der Waals surface area (Å²) in [4.78, 5) is 14.1. The molecule has 132 valence electrons. The first-order chi connectivity index (χ1) is 10.4. The molecule has 1 saturated heterocycles. The molecule has 1 rings (SSSR count). The quantitative estimate of drug-likeness (QED) is 0.388. The van der Waals surface area contributed by atoms with Crippen LogP contribution in [0.5, 0.6) is 0 Å². The summed E-state index contributed by atoms with van der Waals surface area (Å²) < 4.78 is 11.9. The minimum atomic E-state index is -2.06. The van der Waals surface area contributed by atoms with Gasteiger partial charge in [-0.15, -0.1) is 0 Å². The fourth-order valence-electron chi connectivity index (χ4n) is 2.20. The zero-order chi connectivity index (χ0) is 18.0. The van der Waals surface area contributed by atoms with Gasteiger partial charge < -0.3 is 9.16 Å². The number of hydrogen-bond acceptors (Lipinski definition) is 3. The SMILES string of the molecule is C/C=C/C(C)=C(/O[Si](C)(C)C(C)(C)C)N1C(=O)OC[C@H]1C(C)C. The number of ether oxygens (including phenoxy) is 1. The highest BCUT2D eigenvalue weighted by molar-refractivity contribution is 6.74. The summed E-state index contributed by atoms with van der Waals surface area (Å²) in [6.07, 6.45) is 3.66. The van der Waals surface area contributed by atoms with Gasteiger partial charge in [-0.1, -0.05) is 46.8 Å². The summed E-state index contributed by atoms with van der Waals surface area (Å²) in [6.45, 7) is 19.6. The normalized spacial score (nSPS) is 21.0. The molecule has 1 fully saturated rings.